The SMILES string of the molecule is CCCC1CCC(CN)(Cc2ccc([N+](=O)[O-])cc2)CC1. The number of nitro benzene ring substituents is 1. The lowest BCUT2D eigenvalue weighted by atomic mass is 9.67. The van der Waals surface area contributed by atoms with Crippen molar-refractivity contribution in [3.63, 3.8) is 0 Å². The Hall–Kier alpha value is -1.42. The van der Waals surface area contributed by atoms with Gasteiger partial charge in [0.2, 0.25) is 0 Å². The first kappa shape index (κ1) is 16.0. The number of benzene rings is 1. The minimum absolute atomic E-state index is 0.159. The number of hydrogen-bond acceptors (Lipinski definition) is 3. The second-order valence-electron chi connectivity index (χ2n) is 6.54. The third-order valence-electron chi connectivity index (χ3n) is 5.02. The van der Waals surface area contributed by atoms with Crippen molar-refractivity contribution in [2.75, 3.05) is 6.54 Å². The van der Waals surface area contributed by atoms with Gasteiger partial charge < -0.3 is 5.73 Å². The molecule has 0 unspecified atom stereocenters. The van der Waals surface area contributed by atoms with E-state index in [0.29, 0.717) is 6.54 Å². The Kier molecular flexibility index (Phi) is 5.34. The Morgan fingerprint density at radius 3 is 2.38 bits per heavy atom. The van der Waals surface area contributed by atoms with Crippen LogP contribution in [0.4, 0.5) is 5.69 Å². The molecular weight excluding hydrogens is 264 g/mol. The first-order valence-electron chi connectivity index (χ1n) is 8.02. The summed E-state index contributed by atoms with van der Waals surface area (Å²) >= 11 is 0. The molecule has 21 heavy (non-hydrogen) atoms. The van der Waals surface area contributed by atoms with E-state index in [0.717, 1.165) is 12.3 Å². The van der Waals surface area contributed by atoms with Crippen LogP contribution in [-0.2, 0) is 6.42 Å². The average molecular weight is 290 g/mol. The van der Waals surface area contributed by atoms with E-state index in [1.807, 2.05) is 12.1 Å². The molecule has 4 heteroatoms. The summed E-state index contributed by atoms with van der Waals surface area (Å²) in [6.07, 6.45) is 8.47. The van der Waals surface area contributed by atoms with E-state index in [4.69, 9.17) is 5.73 Å². The van der Waals surface area contributed by atoms with Crippen molar-refractivity contribution in [2.24, 2.45) is 17.1 Å². The van der Waals surface area contributed by atoms with Crippen molar-refractivity contribution in [1.82, 2.24) is 0 Å². The van der Waals surface area contributed by atoms with Crippen LogP contribution in [0.25, 0.3) is 0 Å². The summed E-state index contributed by atoms with van der Waals surface area (Å²) in [5.41, 5.74) is 7.60. The highest BCUT2D eigenvalue weighted by Gasteiger charge is 2.34. The van der Waals surface area contributed by atoms with Crippen molar-refractivity contribution in [3.8, 4) is 0 Å². The number of nitrogens with two attached hydrogens (primary N) is 1. The van der Waals surface area contributed by atoms with Gasteiger partial charge >= 0.3 is 0 Å². The van der Waals surface area contributed by atoms with Crippen molar-refractivity contribution in [2.45, 2.75) is 51.9 Å². The van der Waals surface area contributed by atoms with Crippen LogP contribution in [0, 0.1) is 21.4 Å². The van der Waals surface area contributed by atoms with E-state index in [9.17, 15) is 10.1 Å². The first-order chi connectivity index (χ1) is 10.1. The van der Waals surface area contributed by atoms with Gasteiger partial charge in [-0.05, 0) is 55.5 Å². The predicted molar refractivity (Wildman–Crippen MR) is 85.2 cm³/mol. The van der Waals surface area contributed by atoms with Gasteiger partial charge in [-0.1, -0.05) is 31.9 Å². The Labute approximate surface area is 126 Å². The molecule has 0 atom stereocenters. The quantitative estimate of drug-likeness (QED) is 0.634. The predicted octanol–water partition coefficient (Wildman–Crippen LogP) is 4.07. The molecule has 0 amide bonds. The zero-order valence-electron chi connectivity index (χ0n) is 12.9. The lowest BCUT2D eigenvalue weighted by Crippen LogP contribution is -2.36. The van der Waals surface area contributed by atoms with E-state index in [2.05, 4.69) is 6.92 Å². The third-order valence-corrected chi connectivity index (χ3v) is 5.02. The molecule has 0 saturated heterocycles. The maximum atomic E-state index is 10.7. The number of nitro groups is 1. The minimum atomic E-state index is -0.349. The Bertz CT molecular complexity index is 462. The van der Waals surface area contributed by atoms with Crippen LogP contribution in [0.5, 0.6) is 0 Å². The monoisotopic (exact) mass is 290 g/mol. The standard InChI is InChI=1S/C17H26N2O2/c1-2-3-14-8-10-17(13-18,11-9-14)12-15-4-6-16(7-5-15)19(20)21/h4-7,14H,2-3,8-13,18H2,1H3. The molecule has 1 saturated carbocycles. The lowest BCUT2D eigenvalue weighted by molar-refractivity contribution is -0.384. The highest BCUT2D eigenvalue weighted by atomic mass is 16.6. The van der Waals surface area contributed by atoms with Crippen LogP contribution < -0.4 is 5.73 Å². The molecule has 1 aromatic rings. The van der Waals surface area contributed by atoms with Crippen molar-refractivity contribution >= 4 is 5.69 Å². The van der Waals surface area contributed by atoms with Gasteiger partial charge in [0.05, 0.1) is 4.92 Å². The van der Waals surface area contributed by atoms with Crippen LogP contribution >= 0.6 is 0 Å². The van der Waals surface area contributed by atoms with Gasteiger partial charge in [0.25, 0.3) is 5.69 Å². The van der Waals surface area contributed by atoms with Gasteiger partial charge in [0, 0.05) is 12.1 Å². The molecule has 2 N–H and O–H groups in total. The fourth-order valence-electron chi connectivity index (χ4n) is 3.61. The van der Waals surface area contributed by atoms with Gasteiger partial charge in [-0.25, -0.2) is 0 Å². The highest BCUT2D eigenvalue weighted by Crippen LogP contribution is 2.42. The normalized spacial score (nSPS) is 25.7. The molecule has 116 valence electrons. The van der Waals surface area contributed by atoms with Crippen LogP contribution in [0.3, 0.4) is 0 Å². The summed E-state index contributed by atoms with van der Waals surface area (Å²) in [4.78, 5) is 10.4. The van der Waals surface area contributed by atoms with Crippen LogP contribution in [-0.4, -0.2) is 11.5 Å². The van der Waals surface area contributed by atoms with Gasteiger partial charge in [-0.15, -0.1) is 0 Å². The van der Waals surface area contributed by atoms with Gasteiger partial charge in [0.15, 0.2) is 0 Å². The zero-order chi connectivity index (χ0) is 15.3. The zero-order valence-corrected chi connectivity index (χ0v) is 12.9. The first-order valence-corrected chi connectivity index (χ1v) is 8.02. The van der Waals surface area contributed by atoms with Crippen LogP contribution in [0.1, 0.15) is 51.0 Å². The Balaban J connectivity index is 2.00. The van der Waals surface area contributed by atoms with Gasteiger partial charge in [-0.2, -0.15) is 0 Å². The maximum Gasteiger partial charge on any atom is 0.269 e. The van der Waals surface area contributed by atoms with E-state index >= 15 is 0 Å². The fourth-order valence-corrected chi connectivity index (χ4v) is 3.61. The van der Waals surface area contributed by atoms with E-state index in [1.165, 1.54) is 44.1 Å². The third kappa shape index (κ3) is 4.03. The van der Waals surface area contributed by atoms with Crippen molar-refractivity contribution < 1.29 is 4.92 Å². The lowest BCUT2D eigenvalue weighted by Gasteiger charge is -2.39. The summed E-state index contributed by atoms with van der Waals surface area (Å²) in [5.74, 6) is 0.867. The molecular formula is C17H26N2O2. The van der Waals surface area contributed by atoms with Crippen LogP contribution in [0.2, 0.25) is 0 Å². The molecule has 0 heterocycles. The highest BCUT2D eigenvalue weighted by molar-refractivity contribution is 5.33. The largest absolute Gasteiger partial charge is 0.330 e. The molecule has 0 spiro atoms. The Morgan fingerprint density at radius 1 is 1.29 bits per heavy atom. The van der Waals surface area contributed by atoms with Crippen LogP contribution in [0.15, 0.2) is 24.3 Å². The molecule has 0 radical (unpaired) electrons. The second-order valence-corrected chi connectivity index (χ2v) is 6.54. The molecule has 2 rings (SSSR count). The van der Waals surface area contributed by atoms with E-state index in [-0.39, 0.29) is 16.0 Å². The summed E-state index contributed by atoms with van der Waals surface area (Å²) < 4.78 is 0. The molecule has 0 aromatic heterocycles. The number of nitrogens with zero attached hydrogens (tertiary/aromatic N) is 1. The summed E-state index contributed by atoms with van der Waals surface area (Å²) in [5, 5.41) is 10.7. The average Bonchev–Trinajstić information content (AvgIpc) is 2.50. The molecule has 4 nitrogen and oxygen atoms in total. The number of non-ortho nitro benzene ring substituents is 1. The second kappa shape index (κ2) is 7.03. The van der Waals surface area contributed by atoms with Gasteiger partial charge in [-0.3, -0.25) is 10.1 Å². The summed E-state index contributed by atoms with van der Waals surface area (Å²) in [7, 11) is 0. The molecule has 1 aliphatic carbocycles. The molecule has 1 fully saturated rings. The van der Waals surface area contributed by atoms with Crippen molar-refractivity contribution in [3.05, 3.63) is 39.9 Å². The summed E-state index contributed by atoms with van der Waals surface area (Å²) in [6.45, 7) is 2.96. The van der Waals surface area contributed by atoms with Gasteiger partial charge in [0.1, 0.15) is 0 Å². The number of rotatable bonds is 6. The Morgan fingerprint density at radius 2 is 1.90 bits per heavy atom. The van der Waals surface area contributed by atoms with E-state index in [1.54, 1.807) is 12.1 Å². The molecule has 0 aliphatic heterocycles. The minimum Gasteiger partial charge on any atom is -0.330 e. The molecule has 0 bridgehead atoms. The molecule has 1 aromatic carbocycles. The molecule has 1 aliphatic rings. The van der Waals surface area contributed by atoms with E-state index < -0.39 is 0 Å². The number of hydrogen-bond donors (Lipinski definition) is 1. The summed E-state index contributed by atoms with van der Waals surface area (Å²) in [6, 6.07) is 6.96. The maximum absolute atomic E-state index is 10.7. The topological polar surface area (TPSA) is 69.2 Å². The fraction of sp³-hybridized carbons (Fsp3) is 0.647. The van der Waals surface area contributed by atoms with Crippen molar-refractivity contribution in [1.29, 1.82) is 0 Å². The smallest absolute Gasteiger partial charge is 0.269 e.